The second-order valence-corrected chi connectivity index (χ2v) is 4.28. The van der Waals surface area contributed by atoms with Crippen LogP contribution in [0.25, 0.3) is 0 Å². The molecule has 0 bridgehead atoms. The van der Waals surface area contributed by atoms with Gasteiger partial charge in [-0.05, 0) is 26.2 Å². The summed E-state index contributed by atoms with van der Waals surface area (Å²) >= 11 is 0. The van der Waals surface area contributed by atoms with Crippen molar-refractivity contribution in [2.75, 3.05) is 7.05 Å². The standard InChI is InChI=1S/C10H22N2O/c1-7(2)6-9(11)10(13)12(5)8(3)4/h7-9H,6,11H2,1-5H3. The Balaban J connectivity index is 4.09. The van der Waals surface area contributed by atoms with Crippen molar-refractivity contribution in [2.24, 2.45) is 11.7 Å². The molecule has 0 saturated heterocycles. The maximum Gasteiger partial charge on any atom is 0.239 e. The molecule has 0 rings (SSSR count). The number of rotatable bonds is 4. The Kier molecular flexibility index (Phi) is 4.99. The molecule has 0 heterocycles. The third-order valence-electron chi connectivity index (χ3n) is 2.16. The summed E-state index contributed by atoms with van der Waals surface area (Å²) in [4.78, 5) is 13.3. The number of hydrogen-bond donors (Lipinski definition) is 1. The lowest BCUT2D eigenvalue weighted by atomic mass is 10.0. The molecule has 0 aromatic heterocycles. The maximum absolute atomic E-state index is 11.6. The van der Waals surface area contributed by atoms with Crippen LogP contribution >= 0.6 is 0 Å². The molecule has 0 aromatic carbocycles. The summed E-state index contributed by atoms with van der Waals surface area (Å²) < 4.78 is 0. The lowest BCUT2D eigenvalue weighted by Gasteiger charge is -2.25. The third kappa shape index (κ3) is 4.27. The van der Waals surface area contributed by atoms with Gasteiger partial charge in [0.1, 0.15) is 0 Å². The van der Waals surface area contributed by atoms with E-state index in [9.17, 15) is 4.79 Å². The van der Waals surface area contributed by atoms with Crippen LogP contribution in [0, 0.1) is 5.92 Å². The molecule has 2 N–H and O–H groups in total. The van der Waals surface area contributed by atoms with Gasteiger partial charge in [0.2, 0.25) is 5.91 Å². The first kappa shape index (κ1) is 12.4. The van der Waals surface area contributed by atoms with Crippen molar-refractivity contribution in [1.29, 1.82) is 0 Å². The summed E-state index contributed by atoms with van der Waals surface area (Å²) in [5, 5.41) is 0. The Morgan fingerprint density at radius 1 is 1.31 bits per heavy atom. The van der Waals surface area contributed by atoms with E-state index >= 15 is 0 Å². The topological polar surface area (TPSA) is 46.3 Å². The van der Waals surface area contributed by atoms with E-state index in [0.717, 1.165) is 6.42 Å². The van der Waals surface area contributed by atoms with Crippen LogP contribution in [0.1, 0.15) is 34.1 Å². The van der Waals surface area contributed by atoms with Crippen LogP contribution in [-0.2, 0) is 4.79 Å². The minimum absolute atomic E-state index is 0.0451. The van der Waals surface area contributed by atoms with E-state index in [1.807, 2.05) is 13.8 Å². The fourth-order valence-electron chi connectivity index (χ4n) is 1.12. The molecule has 78 valence electrons. The predicted molar refractivity (Wildman–Crippen MR) is 55.3 cm³/mol. The zero-order valence-electron chi connectivity index (χ0n) is 9.37. The fraction of sp³-hybridized carbons (Fsp3) is 0.900. The van der Waals surface area contributed by atoms with Gasteiger partial charge >= 0.3 is 0 Å². The maximum atomic E-state index is 11.6. The highest BCUT2D eigenvalue weighted by Crippen LogP contribution is 2.06. The molecule has 1 unspecified atom stereocenters. The average Bonchev–Trinajstić information content (AvgIpc) is 2.00. The van der Waals surface area contributed by atoms with Crippen molar-refractivity contribution in [3.8, 4) is 0 Å². The van der Waals surface area contributed by atoms with E-state index < -0.39 is 0 Å². The van der Waals surface area contributed by atoms with Crippen molar-refractivity contribution in [3.05, 3.63) is 0 Å². The predicted octanol–water partition coefficient (Wildman–Crippen LogP) is 1.23. The Morgan fingerprint density at radius 3 is 2.08 bits per heavy atom. The molecule has 0 fully saturated rings. The summed E-state index contributed by atoms with van der Waals surface area (Å²) in [6.07, 6.45) is 0.760. The molecular formula is C10H22N2O. The summed E-state index contributed by atoms with van der Waals surface area (Å²) in [5.41, 5.74) is 5.77. The average molecular weight is 186 g/mol. The minimum atomic E-state index is -0.340. The van der Waals surface area contributed by atoms with Gasteiger partial charge < -0.3 is 10.6 Å². The number of nitrogens with two attached hydrogens (primary N) is 1. The van der Waals surface area contributed by atoms with Crippen LogP contribution < -0.4 is 5.73 Å². The van der Waals surface area contributed by atoms with Crippen molar-refractivity contribution >= 4 is 5.91 Å². The molecule has 0 radical (unpaired) electrons. The van der Waals surface area contributed by atoms with Crippen LogP contribution in [0.15, 0.2) is 0 Å². The molecule has 0 aliphatic rings. The summed E-state index contributed by atoms with van der Waals surface area (Å²) in [5.74, 6) is 0.517. The quantitative estimate of drug-likeness (QED) is 0.717. The first-order chi connectivity index (χ1) is 5.86. The summed E-state index contributed by atoms with van der Waals surface area (Å²) in [6.45, 7) is 8.12. The van der Waals surface area contributed by atoms with Crippen LogP contribution in [-0.4, -0.2) is 29.9 Å². The molecule has 3 nitrogen and oxygen atoms in total. The van der Waals surface area contributed by atoms with Crippen molar-refractivity contribution in [1.82, 2.24) is 4.90 Å². The number of amides is 1. The number of carbonyl (C=O) groups is 1. The Morgan fingerprint density at radius 2 is 1.77 bits per heavy atom. The Bertz CT molecular complexity index is 166. The number of carbonyl (C=O) groups excluding carboxylic acids is 1. The zero-order valence-corrected chi connectivity index (χ0v) is 9.37. The first-order valence-electron chi connectivity index (χ1n) is 4.88. The largest absolute Gasteiger partial charge is 0.342 e. The monoisotopic (exact) mass is 186 g/mol. The zero-order chi connectivity index (χ0) is 10.6. The van der Waals surface area contributed by atoms with E-state index in [1.54, 1.807) is 11.9 Å². The normalized spacial score (nSPS) is 13.5. The number of hydrogen-bond acceptors (Lipinski definition) is 2. The molecule has 0 saturated carbocycles. The molecule has 0 spiro atoms. The number of likely N-dealkylation sites (N-methyl/N-ethyl adjacent to an activating group) is 1. The molecule has 0 aromatic rings. The highest BCUT2D eigenvalue weighted by molar-refractivity contribution is 5.81. The second kappa shape index (κ2) is 5.22. The van der Waals surface area contributed by atoms with Crippen LogP contribution in [0.4, 0.5) is 0 Å². The fourth-order valence-corrected chi connectivity index (χ4v) is 1.12. The van der Waals surface area contributed by atoms with Gasteiger partial charge in [-0.1, -0.05) is 13.8 Å². The molecule has 1 amide bonds. The van der Waals surface area contributed by atoms with Crippen LogP contribution in [0.3, 0.4) is 0 Å². The number of nitrogens with zero attached hydrogens (tertiary/aromatic N) is 1. The van der Waals surface area contributed by atoms with Crippen molar-refractivity contribution < 1.29 is 4.79 Å². The Hall–Kier alpha value is -0.570. The molecule has 13 heavy (non-hydrogen) atoms. The highest BCUT2D eigenvalue weighted by atomic mass is 16.2. The van der Waals surface area contributed by atoms with Gasteiger partial charge in [0.05, 0.1) is 6.04 Å². The van der Waals surface area contributed by atoms with Crippen LogP contribution in [0.5, 0.6) is 0 Å². The molecule has 3 heteroatoms. The van der Waals surface area contributed by atoms with Gasteiger partial charge in [0, 0.05) is 13.1 Å². The van der Waals surface area contributed by atoms with Gasteiger partial charge in [0.25, 0.3) is 0 Å². The molecule has 1 atom stereocenters. The molecule has 0 aliphatic carbocycles. The van der Waals surface area contributed by atoms with Gasteiger partial charge in [-0.2, -0.15) is 0 Å². The minimum Gasteiger partial charge on any atom is -0.342 e. The summed E-state index contributed by atoms with van der Waals surface area (Å²) in [6, 6.07) is -0.113. The smallest absolute Gasteiger partial charge is 0.239 e. The lowest BCUT2D eigenvalue weighted by molar-refractivity contribution is -0.133. The van der Waals surface area contributed by atoms with Gasteiger partial charge in [-0.25, -0.2) is 0 Å². The van der Waals surface area contributed by atoms with E-state index in [0.29, 0.717) is 5.92 Å². The molecule has 0 aliphatic heterocycles. The van der Waals surface area contributed by atoms with Gasteiger partial charge in [-0.3, -0.25) is 4.79 Å². The first-order valence-corrected chi connectivity index (χ1v) is 4.88. The van der Waals surface area contributed by atoms with Gasteiger partial charge in [0.15, 0.2) is 0 Å². The third-order valence-corrected chi connectivity index (χ3v) is 2.16. The van der Waals surface area contributed by atoms with E-state index in [2.05, 4.69) is 13.8 Å². The highest BCUT2D eigenvalue weighted by Gasteiger charge is 2.20. The SMILES string of the molecule is CC(C)CC(N)C(=O)N(C)C(C)C. The van der Waals surface area contributed by atoms with E-state index in [-0.39, 0.29) is 18.0 Å². The van der Waals surface area contributed by atoms with E-state index in [4.69, 9.17) is 5.73 Å². The Labute approximate surface area is 81.3 Å². The van der Waals surface area contributed by atoms with E-state index in [1.165, 1.54) is 0 Å². The van der Waals surface area contributed by atoms with Crippen molar-refractivity contribution in [2.45, 2.75) is 46.2 Å². The van der Waals surface area contributed by atoms with Crippen molar-refractivity contribution in [3.63, 3.8) is 0 Å². The second-order valence-electron chi connectivity index (χ2n) is 4.28. The van der Waals surface area contributed by atoms with Gasteiger partial charge in [-0.15, -0.1) is 0 Å². The van der Waals surface area contributed by atoms with Crippen LogP contribution in [0.2, 0.25) is 0 Å². The molecular weight excluding hydrogens is 164 g/mol. The lowest BCUT2D eigenvalue weighted by Crippen LogP contribution is -2.45. The summed E-state index contributed by atoms with van der Waals surface area (Å²) in [7, 11) is 1.80.